The summed E-state index contributed by atoms with van der Waals surface area (Å²) in [6, 6.07) is 14.3. The van der Waals surface area contributed by atoms with Crippen LogP contribution in [0.25, 0.3) is 11.1 Å². The van der Waals surface area contributed by atoms with E-state index in [9.17, 15) is 8.76 Å². The summed E-state index contributed by atoms with van der Waals surface area (Å²) in [5, 5.41) is 0. The SMILES string of the molecule is O=S([O-])CCOc1ccc2c(c1)Cc1ccccc1-2. The normalized spacial score (nSPS) is 13.7. The van der Waals surface area contributed by atoms with E-state index in [-0.39, 0.29) is 12.4 Å². The van der Waals surface area contributed by atoms with Gasteiger partial charge in [0.15, 0.2) is 0 Å². The highest BCUT2D eigenvalue weighted by molar-refractivity contribution is 7.79. The first-order valence-corrected chi connectivity index (χ1v) is 7.38. The van der Waals surface area contributed by atoms with Crippen LogP contribution in [0.3, 0.4) is 0 Å². The number of benzene rings is 2. The summed E-state index contributed by atoms with van der Waals surface area (Å²) in [6.07, 6.45) is 0.913. The van der Waals surface area contributed by atoms with E-state index in [0.29, 0.717) is 0 Å². The van der Waals surface area contributed by atoms with Crippen LogP contribution < -0.4 is 4.74 Å². The molecule has 0 aliphatic heterocycles. The molecule has 0 saturated carbocycles. The largest absolute Gasteiger partial charge is 0.772 e. The Labute approximate surface area is 114 Å². The lowest BCUT2D eigenvalue weighted by atomic mass is 10.1. The molecule has 1 aliphatic rings. The van der Waals surface area contributed by atoms with Crippen molar-refractivity contribution >= 4 is 11.1 Å². The van der Waals surface area contributed by atoms with E-state index >= 15 is 0 Å². The van der Waals surface area contributed by atoms with Gasteiger partial charge in [0.05, 0.1) is 6.61 Å². The molecular formula is C15H13O3S-. The van der Waals surface area contributed by atoms with Crippen LogP contribution in [0.2, 0.25) is 0 Å². The van der Waals surface area contributed by atoms with E-state index in [1.165, 1.54) is 22.3 Å². The van der Waals surface area contributed by atoms with Gasteiger partial charge in [0.25, 0.3) is 0 Å². The molecule has 3 nitrogen and oxygen atoms in total. The average molecular weight is 273 g/mol. The Bertz CT molecular complexity index is 637. The van der Waals surface area contributed by atoms with E-state index in [2.05, 4.69) is 12.1 Å². The van der Waals surface area contributed by atoms with Crippen molar-refractivity contribution < 1.29 is 13.5 Å². The quantitative estimate of drug-likeness (QED) is 0.686. The highest BCUT2D eigenvalue weighted by Crippen LogP contribution is 2.37. The van der Waals surface area contributed by atoms with E-state index in [1.807, 2.05) is 30.3 Å². The van der Waals surface area contributed by atoms with Crippen molar-refractivity contribution in [1.29, 1.82) is 0 Å². The molecule has 0 heterocycles. The Hall–Kier alpha value is -1.65. The third-order valence-corrected chi connectivity index (χ3v) is 3.78. The zero-order valence-electron chi connectivity index (χ0n) is 10.3. The molecule has 1 unspecified atom stereocenters. The minimum Gasteiger partial charge on any atom is -0.772 e. The van der Waals surface area contributed by atoms with Crippen LogP contribution >= 0.6 is 0 Å². The molecule has 3 rings (SSSR count). The van der Waals surface area contributed by atoms with Gasteiger partial charge in [-0.25, -0.2) is 0 Å². The van der Waals surface area contributed by atoms with E-state index in [0.717, 1.165) is 12.2 Å². The topological polar surface area (TPSA) is 49.4 Å². The molecule has 2 aromatic rings. The molecule has 98 valence electrons. The fourth-order valence-electron chi connectivity index (χ4n) is 2.44. The van der Waals surface area contributed by atoms with Crippen LogP contribution in [0.15, 0.2) is 42.5 Å². The van der Waals surface area contributed by atoms with Crippen LogP contribution in [0.4, 0.5) is 0 Å². The molecule has 0 amide bonds. The van der Waals surface area contributed by atoms with Crippen LogP contribution in [-0.4, -0.2) is 21.1 Å². The molecule has 0 fully saturated rings. The Kier molecular flexibility index (Phi) is 3.36. The zero-order valence-corrected chi connectivity index (χ0v) is 11.1. The highest BCUT2D eigenvalue weighted by Gasteiger charge is 2.17. The van der Waals surface area contributed by atoms with E-state index in [4.69, 9.17) is 4.74 Å². The van der Waals surface area contributed by atoms with Gasteiger partial charge in [-0.15, -0.1) is 0 Å². The van der Waals surface area contributed by atoms with Crippen molar-refractivity contribution in [2.75, 3.05) is 12.4 Å². The fraction of sp³-hybridized carbons (Fsp3) is 0.200. The molecule has 0 N–H and O–H groups in total. The first-order valence-electron chi connectivity index (χ1n) is 6.14. The molecule has 0 bridgehead atoms. The Morgan fingerprint density at radius 3 is 2.74 bits per heavy atom. The summed E-state index contributed by atoms with van der Waals surface area (Å²) < 4.78 is 26.3. The van der Waals surface area contributed by atoms with Gasteiger partial charge in [0.1, 0.15) is 5.75 Å². The summed E-state index contributed by atoms with van der Waals surface area (Å²) in [5.74, 6) is 0.758. The predicted molar refractivity (Wildman–Crippen MR) is 74.0 cm³/mol. The van der Waals surface area contributed by atoms with Gasteiger partial charge in [0, 0.05) is 5.75 Å². The number of hydrogen-bond donors (Lipinski definition) is 0. The molecule has 0 aromatic heterocycles. The van der Waals surface area contributed by atoms with Crippen molar-refractivity contribution in [3.05, 3.63) is 53.6 Å². The Balaban J connectivity index is 1.79. The minimum atomic E-state index is -2.05. The lowest BCUT2D eigenvalue weighted by molar-refractivity contribution is 0.339. The van der Waals surface area contributed by atoms with Gasteiger partial charge in [-0.2, -0.15) is 0 Å². The van der Waals surface area contributed by atoms with Crippen LogP contribution in [0.1, 0.15) is 11.1 Å². The first-order chi connectivity index (χ1) is 9.24. The fourth-order valence-corrected chi connectivity index (χ4v) is 2.66. The van der Waals surface area contributed by atoms with E-state index < -0.39 is 11.1 Å². The van der Waals surface area contributed by atoms with Gasteiger partial charge in [-0.3, -0.25) is 4.21 Å². The van der Waals surface area contributed by atoms with Crippen LogP contribution in [0, 0.1) is 0 Å². The lowest BCUT2D eigenvalue weighted by Crippen LogP contribution is -2.07. The molecule has 2 aromatic carbocycles. The molecule has 19 heavy (non-hydrogen) atoms. The molecule has 0 radical (unpaired) electrons. The summed E-state index contributed by atoms with van der Waals surface area (Å²) in [6.45, 7) is 0.196. The van der Waals surface area contributed by atoms with Crippen LogP contribution in [-0.2, 0) is 17.5 Å². The van der Waals surface area contributed by atoms with Crippen LogP contribution in [0.5, 0.6) is 5.75 Å². The van der Waals surface area contributed by atoms with Crippen molar-refractivity contribution in [2.24, 2.45) is 0 Å². The van der Waals surface area contributed by atoms with E-state index in [1.54, 1.807) is 0 Å². The second kappa shape index (κ2) is 5.15. The average Bonchev–Trinajstić information content (AvgIpc) is 2.76. The molecule has 1 aliphatic carbocycles. The van der Waals surface area contributed by atoms with Gasteiger partial charge in [-0.05, 0) is 40.8 Å². The third-order valence-electron chi connectivity index (χ3n) is 3.28. The number of rotatable bonds is 4. The zero-order chi connectivity index (χ0) is 13.2. The van der Waals surface area contributed by atoms with Gasteiger partial charge < -0.3 is 9.29 Å². The maximum Gasteiger partial charge on any atom is 0.119 e. The number of ether oxygens (including phenoxy) is 1. The molecule has 0 saturated heterocycles. The standard InChI is InChI=1S/C15H14O3S/c16-19(17)8-7-18-13-5-6-15-12(10-13)9-11-3-1-2-4-14(11)15/h1-6,10H,7-9H2,(H,16,17)/p-1. The summed E-state index contributed by atoms with van der Waals surface area (Å²) >= 11 is -2.05. The minimum absolute atomic E-state index is 0.0251. The second-order valence-electron chi connectivity index (χ2n) is 4.51. The Morgan fingerprint density at radius 2 is 1.89 bits per heavy atom. The molecule has 1 atom stereocenters. The smallest absolute Gasteiger partial charge is 0.119 e. The van der Waals surface area contributed by atoms with Gasteiger partial charge in [0.2, 0.25) is 0 Å². The lowest BCUT2D eigenvalue weighted by Gasteiger charge is -2.09. The predicted octanol–water partition coefficient (Wildman–Crippen LogP) is 2.52. The van der Waals surface area contributed by atoms with Crippen molar-refractivity contribution in [3.8, 4) is 16.9 Å². The summed E-state index contributed by atoms with van der Waals surface area (Å²) in [5.41, 5.74) is 5.09. The monoisotopic (exact) mass is 273 g/mol. The third kappa shape index (κ3) is 2.55. The summed E-state index contributed by atoms with van der Waals surface area (Å²) in [7, 11) is 0. The molecular weight excluding hydrogens is 260 g/mol. The molecule has 4 heteroatoms. The van der Waals surface area contributed by atoms with Crippen molar-refractivity contribution in [3.63, 3.8) is 0 Å². The Morgan fingerprint density at radius 1 is 1.11 bits per heavy atom. The van der Waals surface area contributed by atoms with Crippen molar-refractivity contribution in [1.82, 2.24) is 0 Å². The summed E-state index contributed by atoms with van der Waals surface area (Å²) in [4.78, 5) is 0. The number of hydrogen-bond acceptors (Lipinski definition) is 3. The number of fused-ring (bicyclic) bond motifs is 3. The maximum absolute atomic E-state index is 10.4. The molecule has 0 spiro atoms. The second-order valence-corrected chi connectivity index (χ2v) is 5.52. The van der Waals surface area contributed by atoms with Crippen molar-refractivity contribution in [2.45, 2.75) is 6.42 Å². The maximum atomic E-state index is 10.4. The first kappa shape index (κ1) is 12.4. The highest BCUT2D eigenvalue weighted by atomic mass is 32.2. The van der Waals surface area contributed by atoms with Gasteiger partial charge in [-0.1, -0.05) is 41.4 Å². The van der Waals surface area contributed by atoms with Gasteiger partial charge >= 0.3 is 0 Å².